The number of nitrogens with one attached hydrogen (secondary N) is 1. The normalized spacial score (nSPS) is 16.9. The number of benzene rings is 1. The van der Waals surface area contributed by atoms with Gasteiger partial charge < -0.3 is 19.4 Å². The summed E-state index contributed by atoms with van der Waals surface area (Å²) < 4.78 is 6.22. The van der Waals surface area contributed by atoms with Crippen molar-refractivity contribution in [3.05, 3.63) is 34.7 Å². The van der Waals surface area contributed by atoms with Crippen LogP contribution in [0.2, 0.25) is 5.02 Å². The fourth-order valence-electron chi connectivity index (χ4n) is 5.33. The Morgan fingerprint density at radius 1 is 1.00 bits per heavy atom. The Labute approximate surface area is 224 Å². The van der Waals surface area contributed by atoms with Crippen molar-refractivity contribution >= 4 is 46.5 Å². The molecule has 0 amide bonds. The number of anilines is 2. The number of likely N-dealkylation sites (tertiary alicyclic amines) is 1. The summed E-state index contributed by atoms with van der Waals surface area (Å²) in [5.41, 5.74) is 4.15. The van der Waals surface area contributed by atoms with Crippen LogP contribution in [-0.4, -0.2) is 77.5 Å². The summed E-state index contributed by atoms with van der Waals surface area (Å²) in [5, 5.41) is 9.24. The number of hydrogen-bond donors (Lipinski definition) is 1. The molecule has 1 aromatic carbocycles. The van der Waals surface area contributed by atoms with Crippen LogP contribution in [0.25, 0.3) is 11.0 Å². The van der Waals surface area contributed by atoms with E-state index in [0.29, 0.717) is 0 Å². The average Bonchev–Trinajstić information content (AvgIpc) is 3.32. The first-order valence-corrected chi connectivity index (χ1v) is 13.3. The Balaban J connectivity index is 0.00000304. The summed E-state index contributed by atoms with van der Waals surface area (Å²) in [6.45, 7) is 12.1. The second kappa shape index (κ2) is 12.3. The number of nitrogens with zero attached hydrogens (tertiary/aromatic N) is 6. The minimum atomic E-state index is 0. The number of aromatic amines is 1. The largest absolute Gasteiger partial charge is 0.493 e. The van der Waals surface area contributed by atoms with Gasteiger partial charge in [-0.25, -0.2) is 9.97 Å². The van der Waals surface area contributed by atoms with Gasteiger partial charge >= 0.3 is 0 Å². The molecule has 0 atom stereocenters. The Hall–Kier alpha value is -2.29. The van der Waals surface area contributed by atoms with E-state index in [-0.39, 0.29) is 12.4 Å². The molecule has 4 heterocycles. The monoisotopic (exact) mass is 533 g/mol. The first kappa shape index (κ1) is 26.8. The molecule has 8 nitrogen and oxygen atoms in total. The topological polar surface area (TPSA) is 73.4 Å². The highest BCUT2D eigenvalue weighted by Gasteiger charge is 2.24. The van der Waals surface area contributed by atoms with Gasteiger partial charge in [0.1, 0.15) is 17.9 Å². The number of piperazine rings is 1. The van der Waals surface area contributed by atoms with Crippen molar-refractivity contribution in [3.63, 3.8) is 0 Å². The molecular formula is C26H37Cl2N7O. The maximum Gasteiger partial charge on any atom is 0.160 e. The van der Waals surface area contributed by atoms with E-state index < -0.39 is 0 Å². The van der Waals surface area contributed by atoms with Crippen LogP contribution in [0.5, 0.6) is 5.75 Å². The molecule has 1 N–H and O–H groups in total. The highest BCUT2D eigenvalue weighted by Crippen LogP contribution is 2.34. The molecule has 2 aliphatic rings. The summed E-state index contributed by atoms with van der Waals surface area (Å²) in [5.74, 6) is 1.87. The van der Waals surface area contributed by atoms with Crippen LogP contribution in [0.3, 0.4) is 0 Å². The van der Waals surface area contributed by atoms with E-state index in [9.17, 15) is 0 Å². The minimum Gasteiger partial charge on any atom is -0.493 e. The lowest BCUT2D eigenvalue weighted by Crippen LogP contribution is -2.47. The number of aromatic nitrogens is 4. The number of piperidine rings is 1. The number of hydrogen-bond acceptors (Lipinski definition) is 7. The predicted molar refractivity (Wildman–Crippen MR) is 149 cm³/mol. The van der Waals surface area contributed by atoms with Gasteiger partial charge in [-0.3, -0.25) is 5.10 Å². The zero-order valence-electron chi connectivity index (χ0n) is 21.3. The summed E-state index contributed by atoms with van der Waals surface area (Å²) in [6.07, 6.45) is 7.55. The van der Waals surface area contributed by atoms with Crippen LogP contribution >= 0.6 is 24.0 Å². The molecule has 3 aromatic rings. The maximum absolute atomic E-state index is 6.53. The Morgan fingerprint density at radius 3 is 2.50 bits per heavy atom. The molecule has 0 saturated carbocycles. The van der Waals surface area contributed by atoms with Gasteiger partial charge in [0, 0.05) is 49.0 Å². The van der Waals surface area contributed by atoms with Crippen LogP contribution in [0.4, 0.5) is 11.5 Å². The van der Waals surface area contributed by atoms with Crippen molar-refractivity contribution in [2.24, 2.45) is 0 Å². The molecule has 0 aliphatic carbocycles. The van der Waals surface area contributed by atoms with Gasteiger partial charge in [-0.1, -0.05) is 24.9 Å². The van der Waals surface area contributed by atoms with Gasteiger partial charge in [0.25, 0.3) is 0 Å². The number of halogens is 2. The number of aryl methyl sites for hydroxylation is 1. The second-order valence-corrected chi connectivity index (χ2v) is 10.0. The van der Waals surface area contributed by atoms with Crippen molar-refractivity contribution in [1.29, 1.82) is 0 Å². The molecule has 0 radical (unpaired) electrons. The third kappa shape index (κ3) is 5.82. The molecule has 2 aliphatic heterocycles. The Bertz CT molecular complexity index is 1140. The first-order valence-electron chi connectivity index (χ1n) is 13.0. The average molecular weight is 535 g/mol. The second-order valence-electron chi connectivity index (χ2n) is 9.57. The lowest BCUT2D eigenvalue weighted by molar-refractivity contribution is 0.204. The third-order valence-electron chi connectivity index (χ3n) is 7.29. The molecule has 2 aromatic heterocycles. The lowest BCUT2D eigenvalue weighted by atomic mass is 10.1. The quantitative estimate of drug-likeness (QED) is 0.413. The highest BCUT2D eigenvalue weighted by atomic mass is 35.5. The van der Waals surface area contributed by atoms with E-state index in [1.807, 2.05) is 6.07 Å². The van der Waals surface area contributed by atoms with Crippen LogP contribution in [0.1, 0.15) is 43.9 Å². The first-order chi connectivity index (χ1) is 17.1. The van der Waals surface area contributed by atoms with Crippen LogP contribution < -0.4 is 14.5 Å². The van der Waals surface area contributed by atoms with Crippen molar-refractivity contribution < 1.29 is 4.74 Å². The molecule has 5 rings (SSSR count). The third-order valence-corrected chi connectivity index (χ3v) is 7.51. The zero-order valence-corrected chi connectivity index (χ0v) is 22.9. The Morgan fingerprint density at radius 2 is 1.75 bits per heavy atom. The molecular weight excluding hydrogens is 497 g/mol. The van der Waals surface area contributed by atoms with Crippen molar-refractivity contribution in [2.75, 3.05) is 62.2 Å². The van der Waals surface area contributed by atoms with E-state index >= 15 is 0 Å². The van der Waals surface area contributed by atoms with Crippen LogP contribution in [0.15, 0.2) is 18.5 Å². The van der Waals surface area contributed by atoms with Crippen molar-refractivity contribution in [3.8, 4) is 5.75 Å². The summed E-state index contributed by atoms with van der Waals surface area (Å²) in [6, 6.07) is 4.03. The number of H-pyrrole nitrogens is 1. The summed E-state index contributed by atoms with van der Waals surface area (Å²) in [7, 11) is 0. The van der Waals surface area contributed by atoms with Crippen molar-refractivity contribution in [2.45, 2.75) is 46.0 Å². The zero-order chi connectivity index (χ0) is 24.2. The van der Waals surface area contributed by atoms with E-state index in [1.54, 1.807) is 6.33 Å². The van der Waals surface area contributed by atoms with Gasteiger partial charge in [0.2, 0.25) is 0 Å². The van der Waals surface area contributed by atoms with Gasteiger partial charge in [-0.05, 0) is 57.8 Å². The molecule has 2 fully saturated rings. The molecule has 0 spiro atoms. The standard InChI is InChI=1S/C26H36ClN7O.ClH/c1-3-21-24-25(31-30-21)28-18-29-26(24)34-13-11-33(12-14-34)22-16-20(27)17-23(19(22)2)35-15-7-10-32-8-5-4-6-9-32;/h16-18H,3-15H2,1-2H3,(H,28,29,30,31);1H. The van der Waals surface area contributed by atoms with Crippen molar-refractivity contribution in [1.82, 2.24) is 25.1 Å². The number of ether oxygens (including phenoxy) is 1. The summed E-state index contributed by atoms with van der Waals surface area (Å²) in [4.78, 5) is 16.3. The van der Waals surface area contributed by atoms with Gasteiger partial charge in [-0.2, -0.15) is 5.10 Å². The number of rotatable bonds is 8. The number of fused-ring (bicyclic) bond motifs is 1. The van der Waals surface area contributed by atoms with Gasteiger partial charge in [0.05, 0.1) is 17.7 Å². The lowest BCUT2D eigenvalue weighted by Gasteiger charge is -2.37. The van der Waals surface area contributed by atoms with E-state index in [0.717, 1.165) is 96.7 Å². The minimum absolute atomic E-state index is 0. The molecule has 10 heteroatoms. The van der Waals surface area contributed by atoms with Crippen LogP contribution in [0, 0.1) is 6.92 Å². The van der Waals surface area contributed by atoms with Gasteiger partial charge in [-0.15, -0.1) is 12.4 Å². The fraction of sp³-hybridized carbons (Fsp3) is 0.577. The predicted octanol–water partition coefficient (Wildman–Crippen LogP) is 4.88. The van der Waals surface area contributed by atoms with E-state index in [1.165, 1.54) is 32.4 Å². The van der Waals surface area contributed by atoms with Gasteiger partial charge in [0.15, 0.2) is 5.65 Å². The molecule has 36 heavy (non-hydrogen) atoms. The van der Waals surface area contributed by atoms with E-state index in [4.69, 9.17) is 16.3 Å². The molecule has 0 unspecified atom stereocenters. The molecule has 196 valence electrons. The fourth-order valence-corrected chi connectivity index (χ4v) is 5.53. The Kier molecular flexibility index (Phi) is 9.14. The maximum atomic E-state index is 6.53. The molecule has 0 bridgehead atoms. The van der Waals surface area contributed by atoms with E-state index in [2.05, 4.69) is 54.8 Å². The smallest absolute Gasteiger partial charge is 0.160 e. The summed E-state index contributed by atoms with van der Waals surface area (Å²) >= 11 is 6.53. The molecule has 2 saturated heterocycles. The highest BCUT2D eigenvalue weighted by molar-refractivity contribution is 6.31. The SMILES string of the molecule is CCc1n[nH]c2ncnc(N3CCN(c4cc(Cl)cc(OCCCN5CCCCC5)c4C)CC3)c12.Cl. The van der Waals surface area contributed by atoms with Crippen LogP contribution in [-0.2, 0) is 6.42 Å².